The van der Waals surface area contributed by atoms with Crippen LogP contribution in [0.2, 0.25) is 0 Å². The Balaban J connectivity index is 1.94. The molecule has 1 aromatic rings. The van der Waals surface area contributed by atoms with Gasteiger partial charge < -0.3 is 16.2 Å². The molecule has 0 radical (unpaired) electrons. The van der Waals surface area contributed by atoms with Gasteiger partial charge in [-0.1, -0.05) is 25.7 Å². The minimum absolute atomic E-state index is 0.203. The molecule has 1 fully saturated rings. The quantitative estimate of drug-likeness (QED) is 0.615. The molecule has 0 atom stereocenters. The largest absolute Gasteiger partial charge is 0.395 e. The lowest BCUT2D eigenvalue weighted by Gasteiger charge is -2.26. The lowest BCUT2D eigenvalue weighted by molar-refractivity contribution is 0.0246. The van der Waals surface area contributed by atoms with Crippen LogP contribution in [-0.4, -0.2) is 33.4 Å². The smallest absolute Gasteiger partial charge is 0.274 e. The van der Waals surface area contributed by atoms with Gasteiger partial charge in [-0.05, 0) is 19.8 Å². The van der Waals surface area contributed by atoms with E-state index in [2.05, 4.69) is 15.5 Å². The third-order valence-electron chi connectivity index (χ3n) is 3.82. The Kier molecular flexibility index (Phi) is 4.09. The van der Waals surface area contributed by atoms with Gasteiger partial charge in [0.25, 0.3) is 5.91 Å². The Hall–Kier alpha value is -1.56. The third-order valence-corrected chi connectivity index (χ3v) is 3.82. The molecular weight excluding hydrogens is 244 g/mol. The molecule has 0 saturated heterocycles. The summed E-state index contributed by atoms with van der Waals surface area (Å²) in [5.41, 5.74) is 6.22. The number of aromatic amines is 1. The van der Waals surface area contributed by atoms with E-state index in [0.717, 1.165) is 38.5 Å². The molecule has 5 N–H and O–H groups in total. The SMILES string of the molecule is Cc1[nH]nc(C(=O)NCC2(O)CCCCCC2)c1N. The van der Waals surface area contributed by atoms with Crippen molar-refractivity contribution in [3.63, 3.8) is 0 Å². The molecule has 1 heterocycles. The number of aliphatic hydroxyl groups is 1. The Morgan fingerprint density at radius 1 is 1.42 bits per heavy atom. The van der Waals surface area contributed by atoms with E-state index in [1.807, 2.05) is 0 Å². The fourth-order valence-corrected chi connectivity index (χ4v) is 2.50. The Morgan fingerprint density at radius 2 is 2.05 bits per heavy atom. The van der Waals surface area contributed by atoms with Crippen LogP contribution in [0.15, 0.2) is 0 Å². The predicted molar refractivity (Wildman–Crippen MR) is 72.7 cm³/mol. The van der Waals surface area contributed by atoms with Gasteiger partial charge in [-0.15, -0.1) is 0 Å². The van der Waals surface area contributed by atoms with E-state index in [1.54, 1.807) is 6.92 Å². The number of anilines is 1. The highest BCUT2D eigenvalue weighted by Gasteiger charge is 2.29. The van der Waals surface area contributed by atoms with Crippen molar-refractivity contribution in [2.24, 2.45) is 0 Å². The van der Waals surface area contributed by atoms with E-state index in [4.69, 9.17) is 5.73 Å². The number of carbonyl (C=O) groups is 1. The molecule has 1 saturated carbocycles. The van der Waals surface area contributed by atoms with E-state index in [0.29, 0.717) is 11.4 Å². The highest BCUT2D eigenvalue weighted by atomic mass is 16.3. The minimum atomic E-state index is -0.785. The second kappa shape index (κ2) is 5.61. The van der Waals surface area contributed by atoms with Gasteiger partial charge in [-0.2, -0.15) is 5.10 Å². The van der Waals surface area contributed by atoms with Crippen molar-refractivity contribution < 1.29 is 9.90 Å². The number of amides is 1. The number of aromatic nitrogens is 2. The summed E-state index contributed by atoms with van der Waals surface area (Å²) >= 11 is 0. The van der Waals surface area contributed by atoms with Gasteiger partial charge in [-0.3, -0.25) is 9.89 Å². The van der Waals surface area contributed by atoms with Gasteiger partial charge in [0.2, 0.25) is 0 Å². The van der Waals surface area contributed by atoms with Crippen LogP contribution in [0.25, 0.3) is 0 Å². The van der Waals surface area contributed by atoms with Gasteiger partial charge in [-0.25, -0.2) is 0 Å². The highest BCUT2D eigenvalue weighted by molar-refractivity contribution is 5.97. The second-order valence-electron chi connectivity index (χ2n) is 5.43. The van der Waals surface area contributed by atoms with E-state index in [9.17, 15) is 9.90 Å². The number of rotatable bonds is 3. The molecule has 6 nitrogen and oxygen atoms in total. The summed E-state index contributed by atoms with van der Waals surface area (Å²) in [5, 5.41) is 19.7. The molecule has 1 aromatic heterocycles. The molecule has 0 bridgehead atoms. The van der Waals surface area contributed by atoms with Crippen LogP contribution in [0.5, 0.6) is 0 Å². The number of nitrogens with two attached hydrogens (primary N) is 1. The number of nitrogens with zero attached hydrogens (tertiary/aromatic N) is 1. The standard InChI is InChI=1S/C13H22N4O2/c1-9-10(14)11(17-16-9)12(18)15-8-13(19)6-4-2-3-5-7-13/h19H,2-8,14H2,1H3,(H,15,18)(H,16,17). The minimum Gasteiger partial charge on any atom is -0.395 e. The van der Waals surface area contributed by atoms with E-state index in [1.165, 1.54) is 0 Å². The summed E-state index contributed by atoms with van der Waals surface area (Å²) in [4.78, 5) is 12.0. The van der Waals surface area contributed by atoms with Crippen molar-refractivity contribution >= 4 is 11.6 Å². The van der Waals surface area contributed by atoms with E-state index < -0.39 is 5.60 Å². The van der Waals surface area contributed by atoms with Crippen LogP contribution >= 0.6 is 0 Å². The first-order valence-corrected chi connectivity index (χ1v) is 6.83. The monoisotopic (exact) mass is 266 g/mol. The molecule has 2 rings (SSSR count). The Labute approximate surface area is 112 Å². The van der Waals surface area contributed by atoms with Crippen molar-refractivity contribution in [1.29, 1.82) is 0 Å². The maximum Gasteiger partial charge on any atom is 0.274 e. The average Bonchev–Trinajstić information content (AvgIpc) is 2.61. The van der Waals surface area contributed by atoms with Gasteiger partial charge in [0.05, 0.1) is 17.0 Å². The number of hydrogen-bond donors (Lipinski definition) is 4. The average molecular weight is 266 g/mol. The van der Waals surface area contributed by atoms with Crippen LogP contribution in [-0.2, 0) is 0 Å². The van der Waals surface area contributed by atoms with Crippen molar-refractivity contribution in [2.45, 2.75) is 51.0 Å². The zero-order chi connectivity index (χ0) is 13.9. The predicted octanol–water partition coefficient (Wildman–Crippen LogP) is 1.12. The first-order chi connectivity index (χ1) is 9.02. The molecule has 0 unspecified atom stereocenters. The molecule has 0 aromatic carbocycles. The number of hydrogen-bond acceptors (Lipinski definition) is 4. The zero-order valence-corrected chi connectivity index (χ0v) is 11.3. The van der Waals surface area contributed by atoms with Gasteiger partial charge in [0, 0.05) is 6.54 Å². The zero-order valence-electron chi connectivity index (χ0n) is 11.3. The first kappa shape index (κ1) is 13.9. The van der Waals surface area contributed by atoms with Crippen molar-refractivity contribution in [1.82, 2.24) is 15.5 Å². The highest BCUT2D eigenvalue weighted by Crippen LogP contribution is 2.26. The number of carbonyl (C=O) groups excluding carboxylic acids is 1. The maximum absolute atomic E-state index is 12.0. The fraction of sp³-hybridized carbons (Fsp3) is 0.692. The van der Waals surface area contributed by atoms with Crippen LogP contribution in [0.3, 0.4) is 0 Å². The molecule has 106 valence electrons. The van der Waals surface area contributed by atoms with Crippen LogP contribution < -0.4 is 11.1 Å². The van der Waals surface area contributed by atoms with E-state index >= 15 is 0 Å². The number of nitrogens with one attached hydrogen (secondary N) is 2. The third kappa shape index (κ3) is 3.26. The number of nitrogen functional groups attached to an aromatic ring is 1. The van der Waals surface area contributed by atoms with E-state index in [-0.39, 0.29) is 18.1 Å². The molecular formula is C13H22N4O2. The van der Waals surface area contributed by atoms with Gasteiger partial charge in [0.15, 0.2) is 5.69 Å². The molecule has 1 aliphatic carbocycles. The lowest BCUT2D eigenvalue weighted by atomic mass is 9.94. The number of aryl methyl sites for hydroxylation is 1. The normalized spacial score (nSPS) is 18.8. The summed E-state index contributed by atoms with van der Waals surface area (Å²) < 4.78 is 0. The molecule has 0 aliphatic heterocycles. The van der Waals surface area contributed by atoms with Gasteiger partial charge in [0.1, 0.15) is 0 Å². The molecule has 1 aliphatic rings. The van der Waals surface area contributed by atoms with Crippen molar-refractivity contribution in [3.8, 4) is 0 Å². The summed E-state index contributed by atoms with van der Waals surface area (Å²) in [5.74, 6) is -0.334. The Bertz CT molecular complexity index is 447. The summed E-state index contributed by atoms with van der Waals surface area (Å²) in [6, 6.07) is 0. The first-order valence-electron chi connectivity index (χ1n) is 6.83. The number of H-pyrrole nitrogens is 1. The lowest BCUT2D eigenvalue weighted by Crippen LogP contribution is -2.42. The van der Waals surface area contributed by atoms with Crippen LogP contribution in [0.4, 0.5) is 5.69 Å². The Morgan fingerprint density at radius 3 is 2.58 bits per heavy atom. The van der Waals surface area contributed by atoms with Crippen molar-refractivity contribution in [2.75, 3.05) is 12.3 Å². The molecule has 1 amide bonds. The molecule has 6 heteroatoms. The molecule has 19 heavy (non-hydrogen) atoms. The maximum atomic E-state index is 12.0. The summed E-state index contributed by atoms with van der Waals surface area (Å²) in [7, 11) is 0. The fourth-order valence-electron chi connectivity index (χ4n) is 2.50. The summed E-state index contributed by atoms with van der Waals surface area (Å²) in [6.07, 6.45) is 5.81. The van der Waals surface area contributed by atoms with Crippen molar-refractivity contribution in [3.05, 3.63) is 11.4 Å². The second-order valence-corrected chi connectivity index (χ2v) is 5.43. The topological polar surface area (TPSA) is 104 Å². The molecule has 0 spiro atoms. The van der Waals surface area contributed by atoms with Crippen LogP contribution in [0, 0.1) is 6.92 Å². The van der Waals surface area contributed by atoms with Gasteiger partial charge >= 0.3 is 0 Å². The van der Waals surface area contributed by atoms with Crippen LogP contribution in [0.1, 0.15) is 54.7 Å². The summed E-state index contributed by atoms with van der Waals surface area (Å²) in [6.45, 7) is 2.02.